The quantitative estimate of drug-likeness (QED) is 0.379. The summed E-state index contributed by atoms with van der Waals surface area (Å²) in [5, 5.41) is 0. The van der Waals surface area contributed by atoms with Crippen LogP contribution < -0.4 is 0 Å². The fraction of sp³-hybridized carbons (Fsp3) is 0.630. The molecular weight excluding hydrogens is 388 g/mol. The third kappa shape index (κ3) is 5.31. The Labute approximate surface area is 187 Å². The summed E-state index contributed by atoms with van der Waals surface area (Å²) in [4.78, 5) is 0. The molecule has 170 valence electrons. The maximum atomic E-state index is 6.70. The first kappa shape index (κ1) is 22.7. The Morgan fingerprint density at radius 3 is 2.58 bits per heavy atom. The lowest BCUT2D eigenvalue weighted by atomic mass is 9.79. The average molecular weight is 427 g/mol. The van der Waals surface area contributed by atoms with Crippen LogP contribution in [0.2, 0.25) is 0 Å². The molecule has 0 radical (unpaired) electrons. The van der Waals surface area contributed by atoms with Crippen LogP contribution in [0.3, 0.4) is 0 Å². The molecule has 31 heavy (non-hydrogen) atoms. The Bertz CT molecular complexity index is 711. The molecule has 4 atom stereocenters. The van der Waals surface area contributed by atoms with Crippen LogP contribution in [-0.4, -0.2) is 36.8 Å². The molecule has 3 fully saturated rings. The molecule has 0 amide bonds. The van der Waals surface area contributed by atoms with E-state index in [0.717, 1.165) is 38.5 Å². The van der Waals surface area contributed by atoms with Crippen LogP contribution in [0.15, 0.2) is 55.6 Å². The van der Waals surface area contributed by atoms with E-state index in [1.807, 2.05) is 18.2 Å². The van der Waals surface area contributed by atoms with Crippen molar-refractivity contribution in [3.05, 3.63) is 61.2 Å². The van der Waals surface area contributed by atoms with Gasteiger partial charge in [0.1, 0.15) is 0 Å². The van der Waals surface area contributed by atoms with Gasteiger partial charge in [0.25, 0.3) is 0 Å². The maximum Gasteiger partial charge on any atom is 0.168 e. The van der Waals surface area contributed by atoms with Gasteiger partial charge in [0.15, 0.2) is 5.79 Å². The van der Waals surface area contributed by atoms with Gasteiger partial charge in [0, 0.05) is 18.8 Å². The van der Waals surface area contributed by atoms with Crippen LogP contribution in [-0.2, 0) is 25.6 Å². The highest BCUT2D eigenvalue weighted by Gasteiger charge is 2.51. The van der Waals surface area contributed by atoms with E-state index in [1.165, 1.54) is 24.8 Å². The molecule has 1 saturated heterocycles. The highest BCUT2D eigenvalue weighted by Crippen LogP contribution is 2.46. The summed E-state index contributed by atoms with van der Waals surface area (Å²) in [5.41, 5.74) is 0.774. The number of benzene rings is 1. The Kier molecular flexibility index (Phi) is 7.65. The molecule has 4 heteroatoms. The lowest BCUT2D eigenvalue weighted by Crippen LogP contribution is -2.47. The zero-order valence-corrected chi connectivity index (χ0v) is 18.8. The number of ether oxygens (including phenoxy) is 4. The second kappa shape index (κ2) is 10.4. The lowest BCUT2D eigenvalue weighted by molar-refractivity contribution is -0.201. The van der Waals surface area contributed by atoms with Gasteiger partial charge in [-0.15, -0.1) is 13.2 Å². The van der Waals surface area contributed by atoms with Crippen molar-refractivity contribution in [2.24, 2.45) is 5.92 Å². The van der Waals surface area contributed by atoms with Crippen LogP contribution in [0.4, 0.5) is 0 Å². The van der Waals surface area contributed by atoms with Crippen molar-refractivity contribution in [3.8, 4) is 0 Å². The fourth-order valence-electron chi connectivity index (χ4n) is 5.63. The summed E-state index contributed by atoms with van der Waals surface area (Å²) < 4.78 is 25.9. The van der Waals surface area contributed by atoms with E-state index < -0.39 is 5.60 Å². The van der Waals surface area contributed by atoms with Gasteiger partial charge in [-0.3, -0.25) is 0 Å². The molecule has 4 rings (SSSR count). The van der Waals surface area contributed by atoms with Crippen LogP contribution >= 0.6 is 0 Å². The van der Waals surface area contributed by atoms with Crippen molar-refractivity contribution in [3.63, 3.8) is 0 Å². The number of hydrogen-bond acceptors (Lipinski definition) is 4. The standard InChI is InChI=1S/C27H38O4/c1-3-18-29-26(4-2)15-11-14-23(28-20-22-12-7-5-8-13-22)19-24(26)25-21-30-27(31-25)16-9-6-10-17-27/h3-5,7-8,12-13,23-25H,1-2,6,9-11,14-21H2/t23-,24+,25+,26+/m0/s1. The largest absolute Gasteiger partial charge is 0.374 e. The van der Waals surface area contributed by atoms with Crippen LogP contribution in [0.5, 0.6) is 0 Å². The van der Waals surface area contributed by atoms with Gasteiger partial charge in [0.2, 0.25) is 0 Å². The van der Waals surface area contributed by atoms with Crippen LogP contribution in [0, 0.1) is 5.92 Å². The fourth-order valence-corrected chi connectivity index (χ4v) is 5.63. The van der Waals surface area contributed by atoms with E-state index in [1.54, 1.807) is 0 Å². The molecule has 0 aromatic heterocycles. The van der Waals surface area contributed by atoms with Gasteiger partial charge in [0.05, 0.1) is 37.6 Å². The Balaban J connectivity index is 1.51. The highest BCUT2D eigenvalue weighted by molar-refractivity contribution is 5.13. The molecule has 2 saturated carbocycles. The van der Waals surface area contributed by atoms with Crippen molar-refractivity contribution in [1.82, 2.24) is 0 Å². The molecule has 0 bridgehead atoms. The molecule has 1 aromatic carbocycles. The van der Waals surface area contributed by atoms with E-state index >= 15 is 0 Å². The van der Waals surface area contributed by atoms with Gasteiger partial charge < -0.3 is 18.9 Å². The van der Waals surface area contributed by atoms with Gasteiger partial charge in [-0.05, 0) is 44.1 Å². The average Bonchev–Trinajstić information content (AvgIpc) is 3.11. The van der Waals surface area contributed by atoms with Crippen LogP contribution in [0.25, 0.3) is 0 Å². The normalized spacial score (nSPS) is 33.1. The highest BCUT2D eigenvalue weighted by atomic mass is 16.7. The monoisotopic (exact) mass is 426 g/mol. The van der Waals surface area contributed by atoms with Crippen molar-refractivity contribution in [1.29, 1.82) is 0 Å². The summed E-state index contributed by atoms with van der Waals surface area (Å²) in [7, 11) is 0. The zero-order valence-electron chi connectivity index (χ0n) is 18.8. The Hall–Kier alpha value is -1.46. The number of hydrogen-bond donors (Lipinski definition) is 0. The SMILES string of the molecule is C=CCO[C@]1(C=C)CCC[C@H](OCc2ccccc2)C[C@@H]1[C@H]1COC2(CCCCC2)O1. The summed E-state index contributed by atoms with van der Waals surface area (Å²) in [6.07, 6.45) is 13.5. The summed E-state index contributed by atoms with van der Waals surface area (Å²) in [6.45, 7) is 9.84. The molecule has 1 aliphatic heterocycles. The van der Waals surface area contributed by atoms with Crippen molar-refractivity contribution >= 4 is 0 Å². The minimum absolute atomic E-state index is 0.00170. The predicted molar refractivity (Wildman–Crippen MR) is 123 cm³/mol. The minimum Gasteiger partial charge on any atom is -0.374 e. The van der Waals surface area contributed by atoms with E-state index in [0.29, 0.717) is 19.8 Å². The third-order valence-corrected chi connectivity index (χ3v) is 7.32. The molecule has 4 nitrogen and oxygen atoms in total. The second-order valence-electron chi connectivity index (χ2n) is 9.35. The van der Waals surface area contributed by atoms with Gasteiger partial charge in [-0.25, -0.2) is 0 Å². The molecule has 2 aliphatic carbocycles. The maximum absolute atomic E-state index is 6.70. The summed E-state index contributed by atoms with van der Waals surface area (Å²) in [6, 6.07) is 10.4. The zero-order chi connectivity index (χ0) is 21.6. The predicted octanol–water partition coefficient (Wildman–Crippen LogP) is 5.97. The van der Waals surface area contributed by atoms with Gasteiger partial charge >= 0.3 is 0 Å². The Morgan fingerprint density at radius 1 is 1.03 bits per heavy atom. The number of rotatable bonds is 8. The molecule has 1 heterocycles. The topological polar surface area (TPSA) is 36.9 Å². The first-order chi connectivity index (χ1) is 15.2. The first-order valence-corrected chi connectivity index (χ1v) is 12.0. The molecule has 0 N–H and O–H groups in total. The smallest absolute Gasteiger partial charge is 0.168 e. The second-order valence-corrected chi connectivity index (χ2v) is 9.35. The summed E-state index contributed by atoms with van der Waals surface area (Å²) in [5.74, 6) is -0.240. The lowest BCUT2D eigenvalue weighted by Gasteiger charge is -2.41. The van der Waals surface area contributed by atoms with Crippen LogP contribution in [0.1, 0.15) is 63.4 Å². The van der Waals surface area contributed by atoms with E-state index in [2.05, 4.69) is 37.4 Å². The van der Waals surface area contributed by atoms with Crippen molar-refractivity contribution < 1.29 is 18.9 Å². The van der Waals surface area contributed by atoms with Gasteiger partial charge in [-0.1, -0.05) is 48.9 Å². The summed E-state index contributed by atoms with van der Waals surface area (Å²) >= 11 is 0. The Morgan fingerprint density at radius 2 is 1.84 bits per heavy atom. The van der Waals surface area contributed by atoms with E-state index in [-0.39, 0.29) is 23.9 Å². The molecule has 0 unspecified atom stereocenters. The van der Waals surface area contributed by atoms with Gasteiger partial charge in [-0.2, -0.15) is 0 Å². The molecule has 3 aliphatic rings. The molecule has 1 aromatic rings. The first-order valence-electron chi connectivity index (χ1n) is 12.0. The van der Waals surface area contributed by atoms with E-state index in [9.17, 15) is 0 Å². The molecular formula is C27H38O4. The minimum atomic E-state index is -0.437. The third-order valence-electron chi connectivity index (χ3n) is 7.32. The van der Waals surface area contributed by atoms with E-state index in [4.69, 9.17) is 18.9 Å². The van der Waals surface area contributed by atoms with Crippen molar-refractivity contribution in [2.45, 2.75) is 88.0 Å². The molecule has 1 spiro atoms. The van der Waals surface area contributed by atoms with Crippen molar-refractivity contribution in [2.75, 3.05) is 13.2 Å².